The number of pyridine rings is 1. The van der Waals surface area contributed by atoms with Crippen LogP contribution in [0.4, 0.5) is 0 Å². The molecule has 2 heteroatoms. The van der Waals surface area contributed by atoms with Gasteiger partial charge in [0.2, 0.25) is 0 Å². The molecule has 0 amide bonds. The first-order valence-corrected chi connectivity index (χ1v) is 6.04. The van der Waals surface area contributed by atoms with Crippen LogP contribution in [-0.2, 0) is 0 Å². The number of rotatable bonds is 7. The van der Waals surface area contributed by atoms with Crippen molar-refractivity contribution in [2.24, 2.45) is 0 Å². The fraction of sp³-hybridized carbons (Fsp3) is 0.500. The number of aryl methyl sites for hydroxylation is 1. The first kappa shape index (κ1) is 12.9. The van der Waals surface area contributed by atoms with Crippen molar-refractivity contribution in [1.29, 1.82) is 0 Å². The minimum Gasteiger partial charge on any atom is -0.310 e. The van der Waals surface area contributed by atoms with Crippen molar-refractivity contribution in [3.8, 4) is 0 Å². The number of nitrogens with zero attached hydrogens (tertiary/aromatic N) is 1. The van der Waals surface area contributed by atoms with Crippen molar-refractivity contribution in [3.63, 3.8) is 0 Å². The Bertz CT molecular complexity index is 320. The standard InChI is InChI=1S/C14H22N2/c1-4-6-7-14(16-9-5-2)13-8-10-15-11-12(13)3/h4,8,10-11,14,16H,1,5-7,9H2,2-3H3. The van der Waals surface area contributed by atoms with Crippen molar-refractivity contribution in [1.82, 2.24) is 10.3 Å². The summed E-state index contributed by atoms with van der Waals surface area (Å²) in [5, 5.41) is 3.59. The molecule has 16 heavy (non-hydrogen) atoms. The second kappa shape index (κ2) is 7.18. The van der Waals surface area contributed by atoms with Crippen molar-refractivity contribution in [2.45, 2.75) is 39.2 Å². The number of aromatic nitrogens is 1. The second-order valence-corrected chi connectivity index (χ2v) is 4.10. The van der Waals surface area contributed by atoms with E-state index < -0.39 is 0 Å². The molecule has 88 valence electrons. The lowest BCUT2D eigenvalue weighted by Crippen LogP contribution is -2.22. The minimum absolute atomic E-state index is 0.431. The van der Waals surface area contributed by atoms with Gasteiger partial charge in [0.05, 0.1) is 0 Å². The van der Waals surface area contributed by atoms with Gasteiger partial charge in [-0.25, -0.2) is 0 Å². The SMILES string of the molecule is C=CCCC(NCCC)c1ccncc1C. The summed E-state index contributed by atoms with van der Waals surface area (Å²) in [7, 11) is 0. The molecule has 2 nitrogen and oxygen atoms in total. The molecule has 1 N–H and O–H groups in total. The average Bonchev–Trinajstić information content (AvgIpc) is 2.31. The summed E-state index contributed by atoms with van der Waals surface area (Å²) in [5.74, 6) is 0. The van der Waals surface area contributed by atoms with E-state index in [-0.39, 0.29) is 0 Å². The molecule has 1 unspecified atom stereocenters. The molecule has 0 aliphatic heterocycles. The highest BCUT2D eigenvalue weighted by Crippen LogP contribution is 2.21. The molecule has 1 aromatic heterocycles. The van der Waals surface area contributed by atoms with Crippen molar-refractivity contribution in [2.75, 3.05) is 6.54 Å². The van der Waals surface area contributed by atoms with Crippen LogP contribution in [0.5, 0.6) is 0 Å². The zero-order valence-corrected chi connectivity index (χ0v) is 10.4. The Morgan fingerprint density at radius 2 is 2.38 bits per heavy atom. The van der Waals surface area contributed by atoms with Crippen LogP contribution in [0.25, 0.3) is 0 Å². The molecule has 1 atom stereocenters. The summed E-state index contributed by atoms with van der Waals surface area (Å²) in [6, 6.07) is 2.55. The van der Waals surface area contributed by atoms with Gasteiger partial charge in [0.25, 0.3) is 0 Å². The van der Waals surface area contributed by atoms with E-state index in [1.54, 1.807) is 0 Å². The Labute approximate surface area is 98.8 Å². The number of allylic oxidation sites excluding steroid dienone is 1. The monoisotopic (exact) mass is 218 g/mol. The molecule has 1 aromatic rings. The van der Waals surface area contributed by atoms with E-state index in [1.807, 2.05) is 18.5 Å². The number of hydrogen-bond acceptors (Lipinski definition) is 2. The third kappa shape index (κ3) is 3.78. The highest BCUT2D eigenvalue weighted by Gasteiger charge is 2.11. The second-order valence-electron chi connectivity index (χ2n) is 4.10. The third-order valence-corrected chi connectivity index (χ3v) is 2.74. The molecule has 0 saturated carbocycles. The largest absolute Gasteiger partial charge is 0.310 e. The van der Waals surface area contributed by atoms with E-state index in [0.717, 1.165) is 25.8 Å². The molecular weight excluding hydrogens is 196 g/mol. The molecule has 0 spiro atoms. The van der Waals surface area contributed by atoms with Gasteiger partial charge >= 0.3 is 0 Å². The van der Waals surface area contributed by atoms with E-state index >= 15 is 0 Å². The van der Waals surface area contributed by atoms with Gasteiger partial charge in [-0.05, 0) is 49.9 Å². The van der Waals surface area contributed by atoms with E-state index in [0.29, 0.717) is 6.04 Å². The molecule has 1 rings (SSSR count). The maximum absolute atomic E-state index is 4.14. The van der Waals surface area contributed by atoms with Crippen LogP contribution in [0.3, 0.4) is 0 Å². The molecule has 0 radical (unpaired) electrons. The molecule has 0 fully saturated rings. The van der Waals surface area contributed by atoms with Gasteiger partial charge in [-0.1, -0.05) is 13.0 Å². The number of nitrogens with one attached hydrogen (secondary N) is 1. The molecule has 0 aliphatic carbocycles. The minimum atomic E-state index is 0.431. The van der Waals surface area contributed by atoms with E-state index in [1.165, 1.54) is 11.1 Å². The topological polar surface area (TPSA) is 24.9 Å². The van der Waals surface area contributed by atoms with Gasteiger partial charge in [-0.3, -0.25) is 4.98 Å². The van der Waals surface area contributed by atoms with E-state index in [2.05, 4.69) is 36.8 Å². The van der Waals surface area contributed by atoms with Crippen LogP contribution in [0.2, 0.25) is 0 Å². The van der Waals surface area contributed by atoms with Crippen molar-refractivity contribution < 1.29 is 0 Å². The van der Waals surface area contributed by atoms with Crippen molar-refractivity contribution >= 4 is 0 Å². The highest BCUT2D eigenvalue weighted by molar-refractivity contribution is 5.25. The lowest BCUT2D eigenvalue weighted by Gasteiger charge is -2.20. The Kier molecular flexibility index (Phi) is 5.79. The fourth-order valence-electron chi connectivity index (χ4n) is 1.85. The molecule has 0 bridgehead atoms. The summed E-state index contributed by atoms with van der Waals surface area (Å²) in [6.45, 7) is 9.16. The van der Waals surface area contributed by atoms with Gasteiger partial charge in [-0.15, -0.1) is 6.58 Å². The highest BCUT2D eigenvalue weighted by atomic mass is 14.9. The molecular formula is C14H22N2. The summed E-state index contributed by atoms with van der Waals surface area (Å²) in [5.41, 5.74) is 2.63. The van der Waals surface area contributed by atoms with Crippen LogP contribution >= 0.6 is 0 Å². The molecule has 0 aromatic carbocycles. The Balaban J connectivity index is 2.74. The van der Waals surface area contributed by atoms with Gasteiger partial charge < -0.3 is 5.32 Å². The maximum atomic E-state index is 4.14. The molecule has 1 heterocycles. The first-order valence-electron chi connectivity index (χ1n) is 6.04. The normalized spacial score (nSPS) is 12.4. The van der Waals surface area contributed by atoms with E-state index in [4.69, 9.17) is 0 Å². The lowest BCUT2D eigenvalue weighted by molar-refractivity contribution is 0.500. The summed E-state index contributed by atoms with van der Waals surface area (Å²) < 4.78 is 0. The van der Waals surface area contributed by atoms with Gasteiger partial charge in [0.1, 0.15) is 0 Å². The predicted octanol–water partition coefficient (Wildman–Crippen LogP) is 3.40. The first-order chi connectivity index (χ1) is 7.79. The van der Waals surface area contributed by atoms with Crippen LogP contribution < -0.4 is 5.32 Å². The fourth-order valence-corrected chi connectivity index (χ4v) is 1.85. The summed E-state index contributed by atoms with van der Waals surface area (Å²) in [6.07, 6.45) is 9.10. The van der Waals surface area contributed by atoms with E-state index in [9.17, 15) is 0 Å². The Morgan fingerprint density at radius 1 is 1.56 bits per heavy atom. The summed E-state index contributed by atoms with van der Waals surface area (Å²) in [4.78, 5) is 4.14. The summed E-state index contributed by atoms with van der Waals surface area (Å²) >= 11 is 0. The quantitative estimate of drug-likeness (QED) is 0.709. The third-order valence-electron chi connectivity index (χ3n) is 2.74. The number of hydrogen-bond donors (Lipinski definition) is 1. The molecule has 0 saturated heterocycles. The Morgan fingerprint density at radius 3 is 3.00 bits per heavy atom. The van der Waals surface area contributed by atoms with Gasteiger partial charge in [0, 0.05) is 18.4 Å². The van der Waals surface area contributed by atoms with Gasteiger partial charge in [0.15, 0.2) is 0 Å². The maximum Gasteiger partial charge on any atom is 0.0326 e. The lowest BCUT2D eigenvalue weighted by atomic mass is 9.99. The average molecular weight is 218 g/mol. The smallest absolute Gasteiger partial charge is 0.0326 e. The predicted molar refractivity (Wildman–Crippen MR) is 69.4 cm³/mol. The molecule has 0 aliphatic rings. The zero-order chi connectivity index (χ0) is 11.8. The Hall–Kier alpha value is -1.15. The van der Waals surface area contributed by atoms with Gasteiger partial charge in [-0.2, -0.15) is 0 Å². The van der Waals surface area contributed by atoms with Crippen LogP contribution in [0.1, 0.15) is 43.4 Å². The van der Waals surface area contributed by atoms with Crippen LogP contribution in [0.15, 0.2) is 31.1 Å². The van der Waals surface area contributed by atoms with Crippen molar-refractivity contribution in [3.05, 3.63) is 42.2 Å². The van der Waals surface area contributed by atoms with Crippen LogP contribution in [0, 0.1) is 6.92 Å². The van der Waals surface area contributed by atoms with Crippen LogP contribution in [-0.4, -0.2) is 11.5 Å². The zero-order valence-electron chi connectivity index (χ0n) is 10.4.